The zero-order valence-corrected chi connectivity index (χ0v) is 14.3. The fraction of sp³-hybridized carbons (Fsp3) is 0.222. The number of imidazole rings is 1. The molecule has 0 aliphatic carbocycles. The molecule has 3 aromatic heterocycles. The minimum Gasteiger partial charge on any atom is -0.363 e. The van der Waals surface area contributed by atoms with Crippen LogP contribution in [0.15, 0.2) is 34.9 Å². The molecule has 0 bridgehead atoms. The molecule has 0 aliphatic rings. The molecule has 0 spiro atoms. The van der Waals surface area contributed by atoms with Gasteiger partial charge < -0.3 is 14.8 Å². The van der Waals surface area contributed by atoms with Gasteiger partial charge in [-0.1, -0.05) is 17.3 Å². The van der Waals surface area contributed by atoms with Gasteiger partial charge in [-0.3, -0.25) is 0 Å². The highest BCUT2D eigenvalue weighted by Crippen LogP contribution is 2.25. The quantitative estimate of drug-likeness (QED) is 0.593. The summed E-state index contributed by atoms with van der Waals surface area (Å²) in [5.41, 5.74) is 4.48. The normalized spacial score (nSPS) is 11.2. The predicted molar refractivity (Wildman–Crippen MR) is 95.2 cm³/mol. The second-order valence-electron chi connectivity index (χ2n) is 5.97. The molecule has 0 amide bonds. The lowest BCUT2D eigenvalue weighted by Crippen LogP contribution is -2.05. The summed E-state index contributed by atoms with van der Waals surface area (Å²) >= 11 is 0. The van der Waals surface area contributed by atoms with Crippen LogP contribution in [0.1, 0.15) is 23.0 Å². The molecule has 3 heterocycles. The molecule has 2 N–H and O–H groups in total. The highest BCUT2D eigenvalue weighted by Gasteiger charge is 2.15. The zero-order chi connectivity index (χ0) is 17.4. The maximum atomic E-state index is 5.23. The first-order valence-corrected chi connectivity index (χ1v) is 8.06. The SMILES string of the molecule is Cc1cc(NCc2nc3ccccc3[nH]2)nc(-c2c(C)noc2C)n1. The van der Waals surface area contributed by atoms with Crippen LogP contribution in [0.5, 0.6) is 0 Å². The fourth-order valence-corrected chi connectivity index (χ4v) is 2.84. The molecule has 4 rings (SSSR count). The Morgan fingerprint density at radius 1 is 1.08 bits per heavy atom. The molecule has 7 heteroatoms. The summed E-state index contributed by atoms with van der Waals surface area (Å²) in [4.78, 5) is 17.0. The third-order valence-electron chi connectivity index (χ3n) is 3.99. The van der Waals surface area contributed by atoms with Gasteiger partial charge in [0.1, 0.15) is 17.4 Å². The van der Waals surface area contributed by atoms with E-state index in [0.29, 0.717) is 18.1 Å². The lowest BCUT2D eigenvalue weighted by Gasteiger charge is -2.07. The number of nitrogens with zero attached hydrogens (tertiary/aromatic N) is 4. The predicted octanol–water partition coefficient (Wildman–Crippen LogP) is 3.55. The molecule has 0 unspecified atom stereocenters. The van der Waals surface area contributed by atoms with Crippen LogP contribution in [0.4, 0.5) is 5.82 Å². The minimum atomic E-state index is 0.548. The number of aryl methyl sites for hydroxylation is 3. The number of anilines is 1. The third-order valence-corrected chi connectivity index (χ3v) is 3.99. The number of hydrogen-bond donors (Lipinski definition) is 2. The summed E-state index contributed by atoms with van der Waals surface area (Å²) in [6.45, 7) is 6.24. The van der Waals surface area contributed by atoms with Gasteiger partial charge in [-0.25, -0.2) is 15.0 Å². The molecule has 126 valence electrons. The Kier molecular flexibility index (Phi) is 3.68. The lowest BCUT2D eigenvalue weighted by atomic mass is 10.2. The van der Waals surface area contributed by atoms with Gasteiger partial charge in [0.05, 0.1) is 28.8 Å². The second kappa shape index (κ2) is 6.01. The number of hydrogen-bond acceptors (Lipinski definition) is 6. The summed E-state index contributed by atoms with van der Waals surface area (Å²) in [6.07, 6.45) is 0. The third kappa shape index (κ3) is 2.96. The number of rotatable bonds is 4. The fourth-order valence-electron chi connectivity index (χ4n) is 2.84. The summed E-state index contributed by atoms with van der Waals surface area (Å²) in [6, 6.07) is 9.87. The summed E-state index contributed by atoms with van der Waals surface area (Å²) < 4.78 is 5.23. The molecule has 0 saturated carbocycles. The van der Waals surface area contributed by atoms with Crippen molar-refractivity contribution in [1.82, 2.24) is 25.1 Å². The number of para-hydroxylation sites is 2. The maximum absolute atomic E-state index is 5.23. The Labute approximate surface area is 144 Å². The van der Waals surface area contributed by atoms with Gasteiger partial charge >= 0.3 is 0 Å². The molecule has 0 atom stereocenters. The molecule has 0 saturated heterocycles. The van der Waals surface area contributed by atoms with Crippen LogP contribution in [-0.2, 0) is 6.54 Å². The maximum Gasteiger partial charge on any atom is 0.167 e. The monoisotopic (exact) mass is 334 g/mol. The first kappa shape index (κ1) is 15.3. The molecule has 25 heavy (non-hydrogen) atoms. The molecule has 0 fully saturated rings. The van der Waals surface area contributed by atoms with E-state index in [4.69, 9.17) is 4.52 Å². The van der Waals surface area contributed by atoms with Gasteiger partial charge in [-0.05, 0) is 32.9 Å². The number of fused-ring (bicyclic) bond motifs is 1. The van der Waals surface area contributed by atoms with E-state index in [1.165, 1.54) is 0 Å². The van der Waals surface area contributed by atoms with Gasteiger partial charge in [0.25, 0.3) is 0 Å². The minimum absolute atomic E-state index is 0.548. The largest absolute Gasteiger partial charge is 0.363 e. The van der Waals surface area contributed by atoms with Crippen molar-refractivity contribution in [1.29, 1.82) is 0 Å². The van der Waals surface area contributed by atoms with E-state index in [-0.39, 0.29) is 0 Å². The van der Waals surface area contributed by atoms with Gasteiger partial charge in [0, 0.05) is 11.8 Å². The van der Waals surface area contributed by atoms with Crippen LogP contribution in [0.25, 0.3) is 22.4 Å². The van der Waals surface area contributed by atoms with E-state index in [2.05, 4.69) is 30.4 Å². The van der Waals surface area contributed by atoms with Crippen molar-refractivity contribution >= 4 is 16.9 Å². The lowest BCUT2D eigenvalue weighted by molar-refractivity contribution is 0.393. The van der Waals surface area contributed by atoms with Gasteiger partial charge in [0.15, 0.2) is 5.82 Å². The van der Waals surface area contributed by atoms with Crippen molar-refractivity contribution in [2.75, 3.05) is 5.32 Å². The second-order valence-corrected chi connectivity index (χ2v) is 5.97. The van der Waals surface area contributed by atoms with Gasteiger partial charge in [-0.15, -0.1) is 0 Å². The van der Waals surface area contributed by atoms with Gasteiger partial charge in [0.2, 0.25) is 0 Å². The standard InChI is InChI=1S/C18H18N6O/c1-10-8-15(23-18(20-10)17-11(2)24-25-12(17)3)19-9-16-21-13-6-4-5-7-14(13)22-16/h4-8H,9H2,1-3H3,(H,21,22)(H,19,20,23). The smallest absolute Gasteiger partial charge is 0.167 e. The van der Waals surface area contributed by atoms with Crippen molar-refractivity contribution < 1.29 is 4.52 Å². The topological polar surface area (TPSA) is 92.5 Å². The Morgan fingerprint density at radius 3 is 2.68 bits per heavy atom. The Balaban J connectivity index is 1.60. The first-order valence-electron chi connectivity index (χ1n) is 8.06. The van der Waals surface area contributed by atoms with E-state index in [1.54, 1.807) is 0 Å². The summed E-state index contributed by atoms with van der Waals surface area (Å²) in [5, 5.41) is 7.29. The number of nitrogens with one attached hydrogen (secondary N) is 2. The number of aromatic nitrogens is 5. The van der Waals surface area contributed by atoms with Crippen LogP contribution < -0.4 is 5.32 Å². The van der Waals surface area contributed by atoms with E-state index < -0.39 is 0 Å². The van der Waals surface area contributed by atoms with Crippen LogP contribution in [0, 0.1) is 20.8 Å². The average molecular weight is 334 g/mol. The van der Waals surface area contributed by atoms with Crippen molar-refractivity contribution in [2.24, 2.45) is 0 Å². The number of H-pyrrole nitrogens is 1. The number of benzene rings is 1. The Bertz CT molecular complexity index is 996. The van der Waals surface area contributed by atoms with E-state index >= 15 is 0 Å². The average Bonchev–Trinajstić information content (AvgIpc) is 3.15. The van der Waals surface area contributed by atoms with E-state index in [1.807, 2.05) is 51.1 Å². The van der Waals surface area contributed by atoms with Crippen LogP contribution >= 0.6 is 0 Å². The number of aromatic amines is 1. The van der Waals surface area contributed by atoms with Crippen LogP contribution in [-0.4, -0.2) is 25.1 Å². The molecule has 4 aromatic rings. The molecular formula is C18H18N6O. The Morgan fingerprint density at radius 2 is 1.92 bits per heavy atom. The molecule has 1 aromatic carbocycles. The highest BCUT2D eigenvalue weighted by molar-refractivity contribution is 5.74. The van der Waals surface area contributed by atoms with Crippen molar-refractivity contribution in [3.05, 3.63) is 53.3 Å². The summed E-state index contributed by atoms with van der Waals surface area (Å²) in [7, 11) is 0. The van der Waals surface area contributed by atoms with E-state index in [0.717, 1.165) is 39.6 Å². The van der Waals surface area contributed by atoms with Crippen molar-refractivity contribution in [3.63, 3.8) is 0 Å². The molecule has 0 radical (unpaired) electrons. The van der Waals surface area contributed by atoms with E-state index in [9.17, 15) is 0 Å². The van der Waals surface area contributed by atoms with Crippen molar-refractivity contribution in [3.8, 4) is 11.4 Å². The van der Waals surface area contributed by atoms with Gasteiger partial charge in [-0.2, -0.15) is 0 Å². The van der Waals surface area contributed by atoms with Crippen LogP contribution in [0.3, 0.4) is 0 Å². The molecular weight excluding hydrogens is 316 g/mol. The molecule has 0 aliphatic heterocycles. The van der Waals surface area contributed by atoms with Crippen molar-refractivity contribution in [2.45, 2.75) is 27.3 Å². The molecule has 7 nitrogen and oxygen atoms in total. The highest BCUT2D eigenvalue weighted by atomic mass is 16.5. The van der Waals surface area contributed by atoms with Crippen LogP contribution in [0.2, 0.25) is 0 Å². The summed E-state index contributed by atoms with van der Waals surface area (Å²) in [5.74, 6) is 2.93. The Hall–Kier alpha value is -3.22. The first-order chi connectivity index (χ1) is 12.1. The zero-order valence-electron chi connectivity index (χ0n) is 14.3.